The smallest absolute Gasteiger partial charge is 0.348 e. The van der Waals surface area contributed by atoms with Crippen molar-refractivity contribution in [2.75, 3.05) is 0 Å². The van der Waals surface area contributed by atoms with Crippen LogP contribution in [-0.4, -0.2) is 5.11 Å². The molecule has 3 aromatic rings. The fourth-order valence-electron chi connectivity index (χ4n) is 2.15. The molecule has 0 bridgehead atoms. The summed E-state index contributed by atoms with van der Waals surface area (Å²) in [5.74, 6) is -0.105. The molecule has 4 heteroatoms. The van der Waals surface area contributed by atoms with Gasteiger partial charge in [-0.3, -0.25) is 0 Å². The van der Waals surface area contributed by atoms with Crippen LogP contribution >= 0.6 is 11.6 Å². The van der Waals surface area contributed by atoms with E-state index in [1.54, 1.807) is 19.1 Å². The molecule has 0 atom stereocenters. The Morgan fingerprint density at radius 3 is 2.72 bits per heavy atom. The molecule has 1 aromatic heterocycles. The number of hydrogen-bond donors (Lipinski definition) is 1. The quantitative estimate of drug-likeness (QED) is 0.496. The van der Waals surface area contributed by atoms with E-state index in [0.717, 1.165) is 10.9 Å². The van der Waals surface area contributed by atoms with Crippen molar-refractivity contribution in [1.82, 2.24) is 0 Å². The van der Waals surface area contributed by atoms with Crippen LogP contribution in [0.2, 0.25) is 5.02 Å². The Bertz CT molecular complexity index is 834. The van der Waals surface area contributed by atoms with Gasteiger partial charge >= 0.3 is 5.63 Å². The van der Waals surface area contributed by atoms with Gasteiger partial charge in [-0.1, -0.05) is 29.8 Å². The maximum atomic E-state index is 11.9. The largest absolute Gasteiger partial charge is 0.507 e. The lowest BCUT2D eigenvalue weighted by molar-refractivity contribution is 0.477. The van der Waals surface area contributed by atoms with Gasteiger partial charge in [0.2, 0.25) is 0 Å². The summed E-state index contributed by atoms with van der Waals surface area (Å²) in [6.45, 7) is 1.78. The van der Waals surface area contributed by atoms with Gasteiger partial charge in [0.1, 0.15) is 16.7 Å². The van der Waals surface area contributed by atoms with Crippen LogP contribution in [0.1, 0.15) is 5.56 Å². The summed E-state index contributed by atoms with van der Waals surface area (Å²) in [4.78, 5) is 11.9. The third-order valence-corrected chi connectivity index (χ3v) is 3.48. The first-order valence-corrected chi connectivity index (χ1v) is 5.81. The molecular formula is C14H9ClO3. The van der Waals surface area contributed by atoms with Gasteiger partial charge in [0, 0.05) is 10.8 Å². The summed E-state index contributed by atoms with van der Waals surface area (Å²) < 4.78 is 5.18. The normalized spacial score (nSPS) is 11.2. The topological polar surface area (TPSA) is 50.4 Å². The molecule has 0 spiro atoms. The minimum atomic E-state index is -0.580. The number of aryl methyl sites for hydroxylation is 1. The van der Waals surface area contributed by atoms with Crippen LogP contribution in [0.5, 0.6) is 5.75 Å². The van der Waals surface area contributed by atoms with Crippen molar-refractivity contribution in [2.24, 2.45) is 0 Å². The van der Waals surface area contributed by atoms with Gasteiger partial charge in [-0.25, -0.2) is 4.79 Å². The molecule has 3 rings (SSSR count). The molecule has 0 saturated heterocycles. The zero-order valence-electron chi connectivity index (χ0n) is 9.53. The van der Waals surface area contributed by atoms with Gasteiger partial charge < -0.3 is 9.52 Å². The number of para-hydroxylation sites is 1. The molecule has 0 aliphatic carbocycles. The van der Waals surface area contributed by atoms with E-state index in [1.807, 2.05) is 12.1 Å². The van der Waals surface area contributed by atoms with Gasteiger partial charge in [-0.2, -0.15) is 0 Å². The second-order valence-corrected chi connectivity index (χ2v) is 4.54. The Balaban J connectivity index is 2.75. The van der Waals surface area contributed by atoms with E-state index in [9.17, 15) is 9.90 Å². The molecule has 0 amide bonds. The Hall–Kier alpha value is -2.00. The van der Waals surface area contributed by atoms with Crippen molar-refractivity contribution < 1.29 is 9.52 Å². The number of hydrogen-bond acceptors (Lipinski definition) is 3. The molecule has 0 saturated carbocycles. The fourth-order valence-corrected chi connectivity index (χ4v) is 2.40. The van der Waals surface area contributed by atoms with Crippen LogP contribution in [0.4, 0.5) is 0 Å². The molecule has 18 heavy (non-hydrogen) atoms. The Labute approximate surface area is 107 Å². The van der Waals surface area contributed by atoms with Crippen LogP contribution in [0.15, 0.2) is 39.5 Å². The third kappa shape index (κ3) is 1.41. The van der Waals surface area contributed by atoms with Crippen LogP contribution < -0.4 is 5.63 Å². The van der Waals surface area contributed by atoms with E-state index in [-0.39, 0.29) is 11.1 Å². The maximum Gasteiger partial charge on any atom is 0.348 e. The summed E-state index contributed by atoms with van der Waals surface area (Å²) in [6.07, 6.45) is 0. The Morgan fingerprint density at radius 1 is 1.22 bits per heavy atom. The highest BCUT2D eigenvalue weighted by Crippen LogP contribution is 2.36. The number of aromatic hydroxyl groups is 1. The van der Waals surface area contributed by atoms with Crippen LogP contribution in [0.3, 0.4) is 0 Å². The average molecular weight is 261 g/mol. The fraction of sp³-hybridized carbons (Fsp3) is 0.0714. The van der Waals surface area contributed by atoms with E-state index >= 15 is 0 Å². The number of fused-ring (bicyclic) bond motifs is 3. The van der Waals surface area contributed by atoms with Crippen molar-refractivity contribution in [3.05, 3.63) is 51.3 Å². The minimum absolute atomic E-state index is 0.105. The van der Waals surface area contributed by atoms with Crippen molar-refractivity contribution in [3.8, 4) is 5.75 Å². The molecule has 2 aromatic carbocycles. The SMILES string of the molecule is Cc1cc(O)c2c(=O)oc3ccccc3c2c1Cl. The van der Waals surface area contributed by atoms with E-state index in [4.69, 9.17) is 16.0 Å². The van der Waals surface area contributed by atoms with Crippen LogP contribution in [-0.2, 0) is 0 Å². The predicted molar refractivity (Wildman–Crippen MR) is 71.4 cm³/mol. The monoisotopic (exact) mass is 260 g/mol. The first-order chi connectivity index (χ1) is 8.59. The summed E-state index contributed by atoms with van der Waals surface area (Å²) in [6, 6.07) is 8.59. The Kier molecular flexibility index (Phi) is 2.31. The summed E-state index contributed by atoms with van der Waals surface area (Å²) in [5, 5.41) is 11.8. The molecule has 0 aliphatic heterocycles. The Morgan fingerprint density at radius 2 is 1.94 bits per heavy atom. The van der Waals surface area contributed by atoms with E-state index in [1.165, 1.54) is 6.07 Å². The minimum Gasteiger partial charge on any atom is -0.507 e. The number of rotatable bonds is 0. The van der Waals surface area contributed by atoms with Gasteiger partial charge in [-0.15, -0.1) is 0 Å². The highest BCUT2D eigenvalue weighted by atomic mass is 35.5. The molecule has 3 nitrogen and oxygen atoms in total. The lowest BCUT2D eigenvalue weighted by atomic mass is 10.0. The lowest BCUT2D eigenvalue weighted by Crippen LogP contribution is -2.01. The van der Waals surface area contributed by atoms with Gasteiger partial charge in [-0.05, 0) is 24.6 Å². The molecule has 0 aliphatic rings. The van der Waals surface area contributed by atoms with E-state index in [0.29, 0.717) is 16.0 Å². The predicted octanol–water partition coefficient (Wildman–Crippen LogP) is 3.61. The molecule has 1 heterocycles. The zero-order valence-corrected chi connectivity index (χ0v) is 10.3. The highest BCUT2D eigenvalue weighted by molar-refractivity contribution is 6.38. The van der Waals surface area contributed by atoms with E-state index < -0.39 is 5.63 Å². The first kappa shape index (κ1) is 11.1. The summed E-state index contributed by atoms with van der Waals surface area (Å²) in [5.41, 5.74) is 0.599. The van der Waals surface area contributed by atoms with Crippen molar-refractivity contribution in [1.29, 1.82) is 0 Å². The summed E-state index contributed by atoms with van der Waals surface area (Å²) in [7, 11) is 0. The van der Waals surface area contributed by atoms with Gasteiger partial charge in [0.25, 0.3) is 0 Å². The van der Waals surface area contributed by atoms with Crippen LogP contribution in [0, 0.1) is 6.92 Å². The maximum absolute atomic E-state index is 11.9. The number of phenols is 1. The first-order valence-electron chi connectivity index (χ1n) is 5.43. The number of benzene rings is 2. The van der Waals surface area contributed by atoms with Gasteiger partial charge in [0.15, 0.2) is 0 Å². The third-order valence-electron chi connectivity index (χ3n) is 2.99. The standard InChI is InChI=1S/C14H9ClO3/c1-7-6-9(16)12-11(13(7)15)8-4-2-3-5-10(8)18-14(12)17/h2-6,16H,1H3. The van der Waals surface area contributed by atoms with Crippen molar-refractivity contribution in [2.45, 2.75) is 6.92 Å². The van der Waals surface area contributed by atoms with Crippen molar-refractivity contribution >= 4 is 33.3 Å². The summed E-state index contributed by atoms with van der Waals surface area (Å²) >= 11 is 6.26. The molecule has 1 N–H and O–H groups in total. The number of phenolic OH excluding ortho intramolecular Hbond substituents is 1. The van der Waals surface area contributed by atoms with E-state index in [2.05, 4.69) is 0 Å². The second-order valence-electron chi connectivity index (χ2n) is 4.16. The molecule has 0 fully saturated rings. The molecule has 90 valence electrons. The average Bonchev–Trinajstić information content (AvgIpc) is 2.34. The highest BCUT2D eigenvalue weighted by Gasteiger charge is 2.15. The molecule has 0 unspecified atom stereocenters. The molecule has 0 radical (unpaired) electrons. The van der Waals surface area contributed by atoms with Gasteiger partial charge in [0.05, 0.1) is 5.02 Å². The number of halogens is 1. The zero-order chi connectivity index (χ0) is 12.9. The van der Waals surface area contributed by atoms with Crippen LogP contribution in [0.25, 0.3) is 21.7 Å². The molecular weight excluding hydrogens is 252 g/mol. The lowest BCUT2D eigenvalue weighted by Gasteiger charge is -2.08. The van der Waals surface area contributed by atoms with Crippen molar-refractivity contribution in [3.63, 3.8) is 0 Å². The second kappa shape index (κ2) is 3.75.